The molecule has 0 saturated carbocycles. The van der Waals surface area contributed by atoms with Crippen molar-refractivity contribution in [1.29, 1.82) is 0 Å². The predicted molar refractivity (Wildman–Crippen MR) is 19.5 cm³/mol. The van der Waals surface area contributed by atoms with Crippen molar-refractivity contribution < 1.29 is 5.21 Å². The first-order valence-corrected chi connectivity index (χ1v) is 0.600. The molecule has 0 fully saturated rings. The molecule has 5 heteroatoms. The molecular formula is H3N3OPb. The fourth-order valence-corrected chi connectivity index (χ4v) is 0. The monoisotopic (exact) mass is 269 g/mol. The Hall–Kier alpha value is 0.0321. The Morgan fingerprint density at radius 3 is 2.00 bits per heavy atom. The zero-order chi connectivity index (χ0) is 3.41. The molecule has 0 heterocycles. The van der Waals surface area contributed by atoms with E-state index in [1.807, 2.05) is 10.2 Å². The maximum absolute atomic E-state index is 7.08. The third kappa shape index (κ3) is 15.6. The molecule has 0 atom stereocenters. The van der Waals surface area contributed by atoms with Crippen molar-refractivity contribution in [3.05, 3.63) is 10.4 Å². The number of hydrogen-bond donors (Lipinski definition) is 1. The van der Waals surface area contributed by atoms with Crippen molar-refractivity contribution in [3.8, 4) is 0 Å². The molecule has 0 bridgehead atoms. The van der Waals surface area contributed by atoms with Crippen LogP contribution in [0.2, 0.25) is 0 Å². The van der Waals surface area contributed by atoms with Crippen molar-refractivity contribution in [1.82, 2.24) is 0 Å². The van der Waals surface area contributed by atoms with Crippen LogP contribution in [0.4, 0.5) is 0 Å². The minimum atomic E-state index is 0. The molecule has 4 nitrogen and oxygen atoms in total. The molecule has 0 rings (SSSR count). The summed E-state index contributed by atoms with van der Waals surface area (Å²) in [6, 6.07) is 0. The molecular weight excluding hydrogens is 265 g/mol. The van der Waals surface area contributed by atoms with Gasteiger partial charge in [0.2, 0.25) is 0 Å². The van der Waals surface area contributed by atoms with Gasteiger partial charge in [0.1, 0.15) is 5.28 Å². The fraction of sp³-hybridized carbons (Fsp3) is 0. The number of hydrogen-bond acceptors (Lipinski definition) is 1. The van der Waals surface area contributed by atoms with E-state index >= 15 is 0 Å². The van der Waals surface area contributed by atoms with Crippen LogP contribution in [0.1, 0.15) is 0 Å². The van der Waals surface area contributed by atoms with Crippen molar-refractivity contribution in [2.24, 2.45) is 5.28 Å². The average Bonchev–Trinajstić information content (AvgIpc) is 1.37. The Balaban J connectivity index is 0. The SMILES string of the molecule is [N-]=[N+]=NO.[PbH2]. The van der Waals surface area contributed by atoms with Crippen LogP contribution in [-0.4, -0.2) is 32.5 Å². The Bertz CT molecular complexity index is 44.9. The Morgan fingerprint density at radius 1 is 1.80 bits per heavy atom. The summed E-state index contributed by atoms with van der Waals surface area (Å²) < 4.78 is 0. The summed E-state index contributed by atoms with van der Waals surface area (Å²) in [7, 11) is 0. The van der Waals surface area contributed by atoms with E-state index in [1.165, 1.54) is 0 Å². The second-order valence-corrected chi connectivity index (χ2v) is 0.179. The minimum absolute atomic E-state index is 0. The molecule has 0 aliphatic carbocycles. The quantitative estimate of drug-likeness (QED) is 0.213. The topological polar surface area (TPSA) is 69.0 Å². The molecule has 0 aliphatic rings. The first-order chi connectivity index (χ1) is 1.91. The number of rotatable bonds is 0. The molecule has 1 N–H and O–H groups in total. The third-order valence-electron chi connectivity index (χ3n) is 0.0400. The van der Waals surface area contributed by atoms with E-state index in [-0.39, 0.29) is 27.3 Å². The summed E-state index contributed by atoms with van der Waals surface area (Å²) in [5.74, 6) is 0. The normalized spacial score (nSPS) is 3.20. The third-order valence-corrected chi connectivity index (χ3v) is 0.0400. The molecule has 0 aliphatic heterocycles. The Kier molecular flexibility index (Phi) is 16.0. The maximum atomic E-state index is 7.08. The van der Waals surface area contributed by atoms with Crippen molar-refractivity contribution >= 4 is 27.3 Å². The van der Waals surface area contributed by atoms with Gasteiger partial charge in [-0.15, -0.1) is 0 Å². The van der Waals surface area contributed by atoms with Gasteiger partial charge in [-0.3, -0.25) is 0 Å². The summed E-state index contributed by atoms with van der Waals surface area (Å²) in [5.41, 5.74) is 7.08. The van der Waals surface area contributed by atoms with Gasteiger partial charge in [0.25, 0.3) is 0 Å². The van der Waals surface area contributed by atoms with E-state index in [1.54, 1.807) is 0 Å². The Labute approximate surface area is 48.5 Å². The molecule has 0 unspecified atom stereocenters. The molecule has 0 aromatic carbocycles. The first kappa shape index (κ1) is 8.90. The summed E-state index contributed by atoms with van der Waals surface area (Å²) in [6.07, 6.45) is 0. The van der Waals surface area contributed by atoms with Crippen molar-refractivity contribution in [2.75, 3.05) is 0 Å². The molecule has 5 heavy (non-hydrogen) atoms. The van der Waals surface area contributed by atoms with Crippen LogP contribution in [0.25, 0.3) is 10.4 Å². The predicted octanol–water partition coefficient (Wildman–Crippen LogP) is -0.230. The molecule has 28 valence electrons. The molecule has 0 amide bonds. The van der Waals surface area contributed by atoms with E-state index in [0.717, 1.165) is 0 Å². The van der Waals surface area contributed by atoms with E-state index in [9.17, 15) is 0 Å². The standard InChI is InChI=1S/HN3O.Pb.2H/c1-2-3-4;;;/h4H;;;. The van der Waals surface area contributed by atoms with Gasteiger partial charge in [0.05, 0.1) is 0 Å². The second-order valence-electron chi connectivity index (χ2n) is 0.179. The van der Waals surface area contributed by atoms with Gasteiger partial charge in [-0.05, 0) is 5.53 Å². The fourth-order valence-electron chi connectivity index (χ4n) is 0. The van der Waals surface area contributed by atoms with E-state index in [4.69, 9.17) is 10.7 Å². The van der Waals surface area contributed by atoms with E-state index < -0.39 is 0 Å². The van der Waals surface area contributed by atoms with Crippen LogP contribution in [-0.2, 0) is 0 Å². The summed E-state index contributed by atoms with van der Waals surface area (Å²) in [5, 5.41) is 9.00. The summed E-state index contributed by atoms with van der Waals surface area (Å²) in [6.45, 7) is 0. The molecule has 2 radical (unpaired) electrons. The van der Waals surface area contributed by atoms with Gasteiger partial charge >= 0.3 is 27.3 Å². The van der Waals surface area contributed by atoms with Crippen molar-refractivity contribution in [3.63, 3.8) is 0 Å². The summed E-state index contributed by atoms with van der Waals surface area (Å²) in [4.78, 5) is 1.92. The van der Waals surface area contributed by atoms with Crippen LogP contribution in [0.3, 0.4) is 0 Å². The van der Waals surface area contributed by atoms with Gasteiger partial charge in [0, 0.05) is 4.91 Å². The first-order valence-electron chi connectivity index (χ1n) is 0.600. The average molecular weight is 268 g/mol. The number of azide groups is 1. The zero-order valence-electron chi connectivity index (χ0n) is 2.50. The van der Waals surface area contributed by atoms with Gasteiger partial charge in [-0.25, -0.2) is 0 Å². The Morgan fingerprint density at radius 2 is 2.00 bits per heavy atom. The van der Waals surface area contributed by atoms with E-state index in [2.05, 4.69) is 0 Å². The van der Waals surface area contributed by atoms with E-state index in [0.29, 0.717) is 0 Å². The van der Waals surface area contributed by atoms with Gasteiger partial charge < -0.3 is 5.21 Å². The van der Waals surface area contributed by atoms with Crippen LogP contribution in [0.15, 0.2) is 5.28 Å². The molecule has 0 aromatic heterocycles. The number of nitrogens with zero attached hydrogens (tertiary/aromatic N) is 3. The van der Waals surface area contributed by atoms with Gasteiger partial charge in [0.15, 0.2) is 0 Å². The molecule has 0 saturated heterocycles. The summed E-state index contributed by atoms with van der Waals surface area (Å²) >= 11 is 0. The second kappa shape index (κ2) is 8.98. The van der Waals surface area contributed by atoms with Crippen LogP contribution >= 0.6 is 0 Å². The molecule has 0 aromatic rings. The van der Waals surface area contributed by atoms with Gasteiger partial charge in [-0.1, -0.05) is 0 Å². The van der Waals surface area contributed by atoms with Crippen LogP contribution < -0.4 is 0 Å². The van der Waals surface area contributed by atoms with Gasteiger partial charge in [-0.2, -0.15) is 0 Å². The zero-order valence-corrected chi connectivity index (χ0v) is 7.99. The van der Waals surface area contributed by atoms with Crippen LogP contribution in [0, 0.1) is 0 Å². The van der Waals surface area contributed by atoms with Crippen LogP contribution in [0.5, 0.6) is 0 Å². The van der Waals surface area contributed by atoms with Crippen molar-refractivity contribution in [2.45, 2.75) is 0 Å². The molecule has 0 spiro atoms.